The molecular formula is C18H12Br2O2. The molecular weight excluding hydrogens is 408 g/mol. The van der Waals surface area contributed by atoms with Crippen molar-refractivity contribution in [3.05, 3.63) is 80.8 Å². The first-order chi connectivity index (χ1) is 10.5. The van der Waals surface area contributed by atoms with Crippen molar-refractivity contribution in [2.45, 2.75) is 0 Å². The van der Waals surface area contributed by atoms with Crippen LogP contribution in [-0.4, -0.2) is 11.6 Å². The van der Waals surface area contributed by atoms with Crippen LogP contribution in [0.15, 0.2) is 69.6 Å². The Morgan fingerprint density at radius 2 is 1.14 bits per heavy atom. The van der Waals surface area contributed by atoms with E-state index < -0.39 is 11.6 Å². The number of allylic oxidation sites excluding steroid dienone is 2. The number of carbonyl (C=O) groups is 2. The van der Waals surface area contributed by atoms with Crippen LogP contribution in [0.5, 0.6) is 0 Å². The Labute approximate surface area is 145 Å². The highest BCUT2D eigenvalue weighted by atomic mass is 79.9. The summed E-state index contributed by atoms with van der Waals surface area (Å²) in [6.07, 6.45) is 5.82. The third-order valence-electron chi connectivity index (χ3n) is 2.79. The third kappa shape index (κ3) is 5.20. The molecule has 2 aromatic carbocycles. The summed E-state index contributed by atoms with van der Waals surface area (Å²) in [6, 6.07) is 15.0. The molecule has 0 aliphatic heterocycles. The van der Waals surface area contributed by atoms with Crippen LogP contribution in [-0.2, 0) is 9.59 Å². The lowest BCUT2D eigenvalue weighted by Gasteiger charge is -1.95. The molecule has 0 aliphatic rings. The highest BCUT2D eigenvalue weighted by Crippen LogP contribution is 2.14. The quantitative estimate of drug-likeness (QED) is 0.500. The number of hydrogen-bond donors (Lipinski definition) is 0. The van der Waals surface area contributed by atoms with Gasteiger partial charge in [-0.2, -0.15) is 0 Å². The molecule has 0 aromatic heterocycles. The fourth-order valence-corrected chi connectivity index (χ4v) is 2.56. The summed E-state index contributed by atoms with van der Waals surface area (Å²) in [5, 5.41) is 0. The molecule has 0 bridgehead atoms. The third-order valence-corrected chi connectivity index (χ3v) is 3.78. The zero-order valence-electron chi connectivity index (χ0n) is 11.5. The van der Waals surface area contributed by atoms with Crippen LogP contribution in [0.25, 0.3) is 12.2 Å². The molecule has 0 aliphatic carbocycles. The van der Waals surface area contributed by atoms with Gasteiger partial charge in [-0.15, -0.1) is 0 Å². The van der Waals surface area contributed by atoms with E-state index >= 15 is 0 Å². The van der Waals surface area contributed by atoms with E-state index in [0.29, 0.717) is 0 Å². The summed E-state index contributed by atoms with van der Waals surface area (Å²) in [5.41, 5.74) is 1.71. The van der Waals surface area contributed by atoms with E-state index in [-0.39, 0.29) is 0 Å². The van der Waals surface area contributed by atoms with Gasteiger partial charge >= 0.3 is 0 Å². The first-order valence-electron chi connectivity index (χ1n) is 6.50. The SMILES string of the molecule is O=C(C=Cc1cccc(Br)c1)C(=O)C=Cc1cccc(Br)c1. The van der Waals surface area contributed by atoms with E-state index in [1.54, 1.807) is 12.2 Å². The average Bonchev–Trinajstić information content (AvgIpc) is 2.50. The molecule has 0 radical (unpaired) electrons. The molecule has 0 heterocycles. The highest BCUT2D eigenvalue weighted by molar-refractivity contribution is 9.10. The van der Waals surface area contributed by atoms with Crippen molar-refractivity contribution >= 4 is 55.6 Å². The topological polar surface area (TPSA) is 34.1 Å². The number of ketones is 2. The number of benzene rings is 2. The summed E-state index contributed by atoms with van der Waals surface area (Å²) in [4.78, 5) is 23.6. The Morgan fingerprint density at radius 3 is 1.50 bits per heavy atom. The van der Waals surface area contributed by atoms with Crippen LogP contribution < -0.4 is 0 Å². The van der Waals surface area contributed by atoms with Crippen molar-refractivity contribution in [2.24, 2.45) is 0 Å². The molecule has 2 rings (SSSR count). The van der Waals surface area contributed by atoms with Crippen LogP contribution in [0, 0.1) is 0 Å². The van der Waals surface area contributed by atoms with Gasteiger partial charge in [-0.3, -0.25) is 9.59 Å². The predicted molar refractivity (Wildman–Crippen MR) is 96.4 cm³/mol. The lowest BCUT2D eigenvalue weighted by atomic mass is 10.1. The molecule has 0 saturated heterocycles. The van der Waals surface area contributed by atoms with Gasteiger partial charge in [0.05, 0.1) is 0 Å². The van der Waals surface area contributed by atoms with E-state index in [9.17, 15) is 9.59 Å². The fraction of sp³-hybridized carbons (Fsp3) is 0. The van der Waals surface area contributed by atoms with E-state index in [2.05, 4.69) is 31.9 Å². The molecule has 22 heavy (non-hydrogen) atoms. The van der Waals surface area contributed by atoms with Crippen LogP contribution in [0.1, 0.15) is 11.1 Å². The van der Waals surface area contributed by atoms with Crippen molar-refractivity contribution in [1.29, 1.82) is 0 Å². The van der Waals surface area contributed by atoms with Gasteiger partial charge in [0.2, 0.25) is 11.6 Å². The second-order valence-corrected chi connectivity index (χ2v) is 6.34. The minimum absolute atomic E-state index is 0.550. The first-order valence-corrected chi connectivity index (χ1v) is 8.09. The zero-order valence-corrected chi connectivity index (χ0v) is 14.7. The molecule has 110 valence electrons. The molecule has 2 nitrogen and oxygen atoms in total. The van der Waals surface area contributed by atoms with Crippen LogP contribution >= 0.6 is 31.9 Å². The van der Waals surface area contributed by atoms with Gasteiger partial charge in [0, 0.05) is 8.95 Å². The fourth-order valence-electron chi connectivity index (χ4n) is 1.73. The van der Waals surface area contributed by atoms with Gasteiger partial charge in [-0.25, -0.2) is 0 Å². The molecule has 0 unspecified atom stereocenters. The van der Waals surface area contributed by atoms with E-state index in [1.165, 1.54) is 12.2 Å². The van der Waals surface area contributed by atoms with E-state index in [1.807, 2.05) is 48.5 Å². The molecule has 0 spiro atoms. The van der Waals surface area contributed by atoms with Crippen molar-refractivity contribution in [3.8, 4) is 0 Å². The minimum Gasteiger partial charge on any atom is -0.286 e. The highest BCUT2D eigenvalue weighted by Gasteiger charge is 2.05. The second kappa shape index (κ2) is 8.01. The van der Waals surface area contributed by atoms with E-state index in [0.717, 1.165) is 20.1 Å². The molecule has 0 saturated carbocycles. The number of hydrogen-bond acceptors (Lipinski definition) is 2. The normalized spacial score (nSPS) is 11.2. The molecule has 0 fully saturated rings. The van der Waals surface area contributed by atoms with Gasteiger partial charge < -0.3 is 0 Å². The van der Waals surface area contributed by atoms with Gasteiger partial charge in [0.1, 0.15) is 0 Å². The Kier molecular flexibility index (Phi) is 6.04. The summed E-state index contributed by atoms with van der Waals surface area (Å²) in [6.45, 7) is 0. The van der Waals surface area contributed by atoms with Gasteiger partial charge in [-0.1, -0.05) is 68.3 Å². The second-order valence-electron chi connectivity index (χ2n) is 4.51. The van der Waals surface area contributed by atoms with Crippen molar-refractivity contribution in [1.82, 2.24) is 0 Å². The molecule has 0 atom stereocenters. The van der Waals surface area contributed by atoms with Gasteiger partial charge in [0.15, 0.2) is 0 Å². The van der Waals surface area contributed by atoms with E-state index in [4.69, 9.17) is 0 Å². The van der Waals surface area contributed by atoms with Crippen LogP contribution in [0.2, 0.25) is 0 Å². The lowest BCUT2D eigenvalue weighted by Crippen LogP contribution is -2.06. The Hall–Kier alpha value is -1.78. The predicted octanol–water partition coefficient (Wildman–Crippen LogP) is 5.08. The lowest BCUT2D eigenvalue weighted by molar-refractivity contribution is -0.130. The van der Waals surface area contributed by atoms with Crippen LogP contribution in [0.4, 0.5) is 0 Å². The molecule has 0 amide bonds. The van der Waals surface area contributed by atoms with Gasteiger partial charge in [-0.05, 0) is 47.5 Å². The smallest absolute Gasteiger partial charge is 0.225 e. The minimum atomic E-state index is -0.550. The van der Waals surface area contributed by atoms with Crippen molar-refractivity contribution < 1.29 is 9.59 Å². The first kappa shape index (κ1) is 16.6. The van der Waals surface area contributed by atoms with Crippen molar-refractivity contribution in [2.75, 3.05) is 0 Å². The Balaban J connectivity index is 2.02. The average molecular weight is 420 g/mol. The zero-order chi connectivity index (χ0) is 15.9. The maximum Gasteiger partial charge on any atom is 0.225 e. The number of carbonyl (C=O) groups excluding carboxylic acids is 2. The standard InChI is InChI=1S/C18H12Br2O2/c19-15-5-1-3-13(11-15)7-9-17(21)18(22)10-8-14-4-2-6-16(20)12-14/h1-12H. The number of halogens is 2. The molecule has 4 heteroatoms. The maximum absolute atomic E-state index is 11.8. The number of rotatable bonds is 5. The van der Waals surface area contributed by atoms with Crippen LogP contribution in [0.3, 0.4) is 0 Å². The summed E-state index contributed by atoms with van der Waals surface area (Å²) < 4.78 is 1.84. The molecule has 0 N–H and O–H groups in total. The maximum atomic E-state index is 11.8. The monoisotopic (exact) mass is 418 g/mol. The summed E-state index contributed by atoms with van der Waals surface area (Å²) in [7, 11) is 0. The summed E-state index contributed by atoms with van der Waals surface area (Å²) >= 11 is 6.71. The summed E-state index contributed by atoms with van der Waals surface area (Å²) in [5.74, 6) is -1.10. The largest absolute Gasteiger partial charge is 0.286 e. The Morgan fingerprint density at radius 1 is 0.727 bits per heavy atom. The molecule has 2 aromatic rings. The van der Waals surface area contributed by atoms with Gasteiger partial charge in [0.25, 0.3) is 0 Å². The van der Waals surface area contributed by atoms with Crippen molar-refractivity contribution in [3.63, 3.8) is 0 Å². The Bertz CT molecular complexity index is 696.